The van der Waals surface area contributed by atoms with Gasteiger partial charge < -0.3 is 10.2 Å². The topological polar surface area (TPSA) is 75.9 Å². The van der Waals surface area contributed by atoms with E-state index in [2.05, 4.69) is 15.4 Å². The van der Waals surface area contributed by atoms with Crippen molar-refractivity contribution in [1.82, 2.24) is 19.7 Å². The number of anilines is 2. The lowest BCUT2D eigenvalue weighted by molar-refractivity contribution is -0.117. The van der Waals surface area contributed by atoms with Crippen LogP contribution in [0.4, 0.5) is 15.9 Å². The highest BCUT2D eigenvalue weighted by Crippen LogP contribution is 2.32. The quantitative estimate of drug-likeness (QED) is 0.652. The molecule has 3 heterocycles. The Morgan fingerprint density at radius 2 is 1.87 bits per heavy atom. The third kappa shape index (κ3) is 4.73. The second kappa shape index (κ2) is 9.24. The predicted octanol–water partition coefficient (Wildman–Crippen LogP) is 3.76. The van der Waals surface area contributed by atoms with Crippen molar-refractivity contribution < 1.29 is 9.18 Å². The fourth-order valence-corrected chi connectivity index (χ4v) is 3.77. The van der Waals surface area contributed by atoms with Crippen molar-refractivity contribution in [1.29, 1.82) is 0 Å². The van der Waals surface area contributed by atoms with E-state index in [0.29, 0.717) is 25.1 Å². The van der Waals surface area contributed by atoms with E-state index in [1.165, 1.54) is 12.1 Å². The number of rotatable bonds is 6. The summed E-state index contributed by atoms with van der Waals surface area (Å²) in [6, 6.07) is 6.22. The molecule has 1 aliphatic rings. The molecule has 0 saturated heterocycles. The molecule has 0 radical (unpaired) electrons. The molecule has 4 rings (SSSR count). The Morgan fingerprint density at radius 3 is 2.58 bits per heavy atom. The van der Waals surface area contributed by atoms with Crippen molar-refractivity contribution in [2.24, 2.45) is 0 Å². The van der Waals surface area contributed by atoms with Crippen LogP contribution in [0.15, 0.2) is 36.7 Å². The number of hydrogen-bond donors (Lipinski definition) is 1. The van der Waals surface area contributed by atoms with Crippen molar-refractivity contribution in [2.75, 3.05) is 17.3 Å². The molecule has 0 bridgehead atoms. The van der Waals surface area contributed by atoms with Crippen molar-refractivity contribution >= 4 is 17.4 Å². The first kappa shape index (κ1) is 22.4. The first-order valence-electron chi connectivity index (χ1n) is 10.1. The van der Waals surface area contributed by atoms with Gasteiger partial charge >= 0.3 is 0 Å². The number of nitrogens with one attached hydrogen (secondary N) is 1. The highest BCUT2D eigenvalue weighted by molar-refractivity contribution is 6.03. The van der Waals surface area contributed by atoms with Gasteiger partial charge in [-0.3, -0.25) is 9.48 Å². The highest BCUT2D eigenvalue weighted by Gasteiger charge is 2.31. The molecule has 0 aliphatic carbocycles. The Bertz CT molecular complexity index is 1060. The predicted molar refractivity (Wildman–Crippen MR) is 120 cm³/mol. The van der Waals surface area contributed by atoms with Gasteiger partial charge in [-0.05, 0) is 43.0 Å². The summed E-state index contributed by atoms with van der Waals surface area (Å²) in [5.74, 6) is 1.27. The van der Waals surface area contributed by atoms with E-state index in [0.717, 1.165) is 34.9 Å². The minimum absolute atomic E-state index is 0. The Kier molecular flexibility index (Phi) is 6.68. The minimum atomic E-state index is -0.240. The van der Waals surface area contributed by atoms with Crippen molar-refractivity contribution in [2.45, 2.75) is 53.1 Å². The summed E-state index contributed by atoms with van der Waals surface area (Å²) in [6.07, 6.45) is 5.99. The molecule has 0 spiro atoms. The summed E-state index contributed by atoms with van der Waals surface area (Å²) in [4.78, 5) is 23.5. The molecule has 0 fully saturated rings. The lowest BCUT2D eigenvalue weighted by Gasteiger charge is -2.34. The van der Waals surface area contributed by atoms with Gasteiger partial charge in [0.2, 0.25) is 5.91 Å². The van der Waals surface area contributed by atoms with Crippen molar-refractivity contribution in [3.05, 3.63) is 65.1 Å². The van der Waals surface area contributed by atoms with E-state index in [1.54, 1.807) is 12.1 Å². The van der Waals surface area contributed by atoms with Gasteiger partial charge in [-0.1, -0.05) is 26.5 Å². The Hall–Kier alpha value is -3.29. The molecule has 31 heavy (non-hydrogen) atoms. The molecule has 2 aromatic heterocycles. The van der Waals surface area contributed by atoms with Gasteiger partial charge in [0, 0.05) is 19.7 Å². The molecule has 7 nitrogen and oxygen atoms in total. The summed E-state index contributed by atoms with van der Waals surface area (Å²) in [5, 5.41) is 7.35. The van der Waals surface area contributed by atoms with Crippen LogP contribution in [-0.4, -0.2) is 38.7 Å². The molecule has 164 valence electrons. The van der Waals surface area contributed by atoms with Crippen LogP contribution in [0.5, 0.6) is 0 Å². The molecular weight excluding hydrogens is 395 g/mol. The number of carbonyl (C=O) groups excluding carboxylic acids is 1. The Morgan fingerprint density at radius 1 is 1.13 bits per heavy atom. The zero-order valence-corrected chi connectivity index (χ0v) is 17.4. The molecule has 8 heteroatoms. The van der Waals surface area contributed by atoms with E-state index in [9.17, 15) is 9.18 Å². The molecule has 1 atom stereocenters. The summed E-state index contributed by atoms with van der Waals surface area (Å²) >= 11 is 0. The number of aryl methyl sites for hydroxylation is 3. The fraction of sp³-hybridized carbons (Fsp3) is 0.391. The van der Waals surface area contributed by atoms with E-state index in [-0.39, 0.29) is 25.2 Å². The van der Waals surface area contributed by atoms with Crippen LogP contribution in [0.2, 0.25) is 0 Å². The van der Waals surface area contributed by atoms with E-state index < -0.39 is 0 Å². The molecule has 1 aromatic carbocycles. The number of aromatic nitrogens is 4. The number of likely N-dealkylation sites (N-methyl/N-ethyl adjacent to an activating group) is 1. The first-order valence-corrected chi connectivity index (χ1v) is 10.1. The second-order valence-electron chi connectivity index (χ2n) is 7.62. The second-order valence-corrected chi connectivity index (χ2v) is 7.62. The zero-order valence-electron chi connectivity index (χ0n) is 17.4. The number of nitrogens with zero attached hydrogens (tertiary/aromatic N) is 5. The van der Waals surface area contributed by atoms with Gasteiger partial charge in [0.15, 0.2) is 5.82 Å². The van der Waals surface area contributed by atoms with Crippen molar-refractivity contribution in [3.8, 4) is 0 Å². The fourth-order valence-electron chi connectivity index (χ4n) is 3.77. The largest absolute Gasteiger partial charge is 0.346 e. The summed E-state index contributed by atoms with van der Waals surface area (Å²) in [6.45, 7) is 4.48. The lowest BCUT2D eigenvalue weighted by atomic mass is 10.1. The van der Waals surface area contributed by atoms with E-state index in [4.69, 9.17) is 4.98 Å². The highest BCUT2D eigenvalue weighted by atomic mass is 19.1. The van der Waals surface area contributed by atoms with Crippen molar-refractivity contribution in [3.63, 3.8) is 0 Å². The maximum Gasteiger partial charge on any atom is 0.247 e. The van der Waals surface area contributed by atoms with Gasteiger partial charge in [-0.15, -0.1) is 0 Å². The minimum Gasteiger partial charge on any atom is -0.346 e. The van der Waals surface area contributed by atoms with Crippen LogP contribution in [0.25, 0.3) is 0 Å². The van der Waals surface area contributed by atoms with Crippen LogP contribution >= 0.6 is 0 Å². The third-order valence-electron chi connectivity index (χ3n) is 5.44. The SMILES string of the molecule is C.CC[C@H]1C(=O)Nc2c(C)nc(CCc3cnn(Cc4ccc(F)cc4)c3)nc2N1C. The zero-order chi connectivity index (χ0) is 21.3. The number of hydrogen-bond acceptors (Lipinski definition) is 5. The summed E-state index contributed by atoms with van der Waals surface area (Å²) in [5.41, 5.74) is 3.55. The number of carbonyl (C=O) groups is 1. The van der Waals surface area contributed by atoms with Crippen LogP contribution < -0.4 is 10.2 Å². The Balaban J connectivity index is 0.00000272. The number of halogens is 1. The average Bonchev–Trinajstić information content (AvgIpc) is 3.17. The van der Waals surface area contributed by atoms with Gasteiger partial charge in [0.25, 0.3) is 0 Å². The Labute approximate surface area is 182 Å². The lowest BCUT2D eigenvalue weighted by Crippen LogP contribution is -2.46. The van der Waals surface area contributed by atoms with Gasteiger partial charge in [-0.2, -0.15) is 5.10 Å². The smallest absolute Gasteiger partial charge is 0.247 e. The standard InChI is InChI=1S/C22H25FN6O.CH4/c1-4-18-22(30)27-20-14(2)25-19(26-21(20)28(18)3)10-7-16-11-24-29(13-16)12-15-5-8-17(23)9-6-15;/h5-6,8-9,11,13,18H,4,7,10,12H2,1-3H3,(H,27,30);1H4/t18-;/m0./s1. The van der Waals surface area contributed by atoms with E-state index >= 15 is 0 Å². The molecule has 1 N–H and O–H groups in total. The maximum absolute atomic E-state index is 13.1. The van der Waals surface area contributed by atoms with Gasteiger partial charge in [-0.25, -0.2) is 14.4 Å². The summed E-state index contributed by atoms with van der Waals surface area (Å²) in [7, 11) is 1.90. The van der Waals surface area contributed by atoms with Gasteiger partial charge in [0.05, 0.1) is 18.4 Å². The average molecular weight is 425 g/mol. The van der Waals surface area contributed by atoms with Crippen LogP contribution in [-0.2, 0) is 24.2 Å². The van der Waals surface area contributed by atoms with Crippen LogP contribution in [0.1, 0.15) is 43.4 Å². The number of amides is 1. The number of fused-ring (bicyclic) bond motifs is 1. The maximum atomic E-state index is 13.1. The van der Waals surface area contributed by atoms with Crippen LogP contribution in [0, 0.1) is 12.7 Å². The number of benzene rings is 1. The molecule has 0 saturated carbocycles. The summed E-state index contributed by atoms with van der Waals surface area (Å²) < 4.78 is 14.9. The molecule has 1 aliphatic heterocycles. The molecular formula is C23H29FN6O. The monoisotopic (exact) mass is 424 g/mol. The van der Waals surface area contributed by atoms with Crippen LogP contribution in [0.3, 0.4) is 0 Å². The van der Waals surface area contributed by atoms with Gasteiger partial charge in [0.1, 0.15) is 23.4 Å². The first-order chi connectivity index (χ1) is 14.4. The third-order valence-corrected chi connectivity index (χ3v) is 5.44. The molecule has 3 aromatic rings. The van der Waals surface area contributed by atoms with E-state index in [1.807, 2.05) is 42.9 Å². The molecule has 0 unspecified atom stereocenters. The normalized spacial score (nSPS) is 15.3. The molecule has 1 amide bonds.